The predicted octanol–water partition coefficient (Wildman–Crippen LogP) is 1.87. The van der Waals surface area contributed by atoms with Crippen molar-refractivity contribution < 1.29 is 8.42 Å². The first-order valence-electron chi connectivity index (χ1n) is 5.56. The summed E-state index contributed by atoms with van der Waals surface area (Å²) in [6, 6.07) is 3.97. The lowest BCUT2D eigenvalue weighted by atomic mass is 10.2. The number of nitrogens with zero attached hydrogens (tertiary/aromatic N) is 1. The largest absolute Gasteiger partial charge is 0.353 e. The molecule has 4 nitrogen and oxygen atoms in total. The SMILES string of the molecule is Cc1ccc(Cl)c2c1N(C1CC1)CNS2(=O)=O. The van der Waals surface area contributed by atoms with Crippen LogP contribution in [-0.4, -0.2) is 21.1 Å². The van der Waals surface area contributed by atoms with Gasteiger partial charge in [-0.2, -0.15) is 4.72 Å². The smallest absolute Gasteiger partial charge is 0.245 e. The van der Waals surface area contributed by atoms with Gasteiger partial charge >= 0.3 is 0 Å². The Morgan fingerprint density at radius 2 is 2.12 bits per heavy atom. The van der Waals surface area contributed by atoms with E-state index in [0.29, 0.717) is 17.7 Å². The van der Waals surface area contributed by atoms with Crippen LogP contribution in [0, 0.1) is 6.92 Å². The van der Waals surface area contributed by atoms with E-state index in [0.717, 1.165) is 24.1 Å². The molecule has 17 heavy (non-hydrogen) atoms. The van der Waals surface area contributed by atoms with Gasteiger partial charge in [0, 0.05) is 6.04 Å². The number of anilines is 1. The minimum atomic E-state index is -3.46. The zero-order valence-electron chi connectivity index (χ0n) is 9.40. The Kier molecular flexibility index (Phi) is 2.40. The van der Waals surface area contributed by atoms with Crippen LogP contribution in [0.15, 0.2) is 17.0 Å². The maximum absolute atomic E-state index is 12.0. The zero-order valence-corrected chi connectivity index (χ0v) is 11.0. The standard InChI is InChI=1S/C11H13ClN2O2S/c1-7-2-5-9(12)11-10(7)14(8-3-4-8)6-13-17(11,15)16/h2,5,8,13H,3-4,6H2,1H3. The molecular weight excluding hydrogens is 260 g/mol. The number of sulfonamides is 1. The second kappa shape index (κ2) is 3.60. The monoisotopic (exact) mass is 272 g/mol. The van der Waals surface area contributed by atoms with Crippen LogP contribution in [0.2, 0.25) is 5.02 Å². The molecule has 1 aliphatic carbocycles. The third kappa shape index (κ3) is 1.73. The van der Waals surface area contributed by atoms with Gasteiger partial charge in [-0.1, -0.05) is 17.7 Å². The van der Waals surface area contributed by atoms with Gasteiger partial charge in [-0.25, -0.2) is 8.42 Å². The number of hydrogen-bond acceptors (Lipinski definition) is 3. The van der Waals surface area contributed by atoms with Crippen LogP contribution in [0.1, 0.15) is 18.4 Å². The average Bonchev–Trinajstić information content (AvgIpc) is 3.06. The first-order chi connectivity index (χ1) is 8.00. The Morgan fingerprint density at radius 1 is 1.41 bits per heavy atom. The number of fused-ring (bicyclic) bond motifs is 1. The van der Waals surface area contributed by atoms with Gasteiger partial charge in [0.1, 0.15) is 4.90 Å². The van der Waals surface area contributed by atoms with Gasteiger partial charge in [0.25, 0.3) is 0 Å². The predicted molar refractivity (Wildman–Crippen MR) is 66.9 cm³/mol. The van der Waals surface area contributed by atoms with Crippen LogP contribution in [0.5, 0.6) is 0 Å². The minimum Gasteiger partial charge on any atom is -0.353 e. The number of rotatable bonds is 1. The van der Waals surface area contributed by atoms with Crippen molar-refractivity contribution in [3.8, 4) is 0 Å². The summed E-state index contributed by atoms with van der Waals surface area (Å²) in [4.78, 5) is 2.34. The first kappa shape index (κ1) is 11.3. The molecule has 1 heterocycles. The Bertz CT molecular complexity index is 581. The van der Waals surface area contributed by atoms with Crippen molar-refractivity contribution in [3.05, 3.63) is 22.7 Å². The average molecular weight is 273 g/mol. The molecule has 0 saturated heterocycles. The molecule has 2 aliphatic rings. The molecule has 0 atom stereocenters. The fraction of sp³-hybridized carbons (Fsp3) is 0.455. The van der Waals surface area contributed by atoms with Crippen molar-refractivity contribution >= 4 is 27.3 Å². The second-order valence-corrected chi connectivity index (χ2v) is 6.66. The fourth-order valence-electron chi connectivity index (χ4n) is 2.26. The van der Waals surface area contributed by atoms with Crippen LogP contribution in [0.3, 0.4) is 0 Å². The summed E-state index contributed by atoms with van der Waals surface area (Å²) < 4.78 is 26.6. The number of aryl methyl sites for hydroxylation is 1. The van der Waals surface area contributed by atoms with E-state index in [-0.39, 0.29) is 4.90 Å². The van der Waals surface area contributed by atoms with Gasteiger partial charge in [-0.05, 0) is 31.4 Å². The molecule has 0 bridgehead atoms. The van der Waals surface area contributed by atoms with E-state index in [1.54, 1.807) is 6.07 Å². The summed E-state index contributed by atoms with van der Waals surface area (Å²) >= 11 is 6.04. The molecular formula is C11H13ClN2O2S. The maximum Gasteiger partial charge on any atom is 0.245 e. The summed E-state index contributed by atoms with van der Waals surface area (Å²) in [6.45, 7) is 2.27. The number of hydrogen-bond donors (Lipinski definition) is 1. The minimum absolute atomic E-state index is 0.234. The van der Waals surface area contributed by atoms with Gasteiger partial charge in [0.15, 0.2) is 0 Å². The molecule has 1 fully saturated rings. The van der Waals surface area contributed by atoms with Gasteiger partial charge < -0.3 is 4.90 Å². The van der Waals surface area contributed by atoms with Gasteiger partial charge in [-0.3, -0.25) is 0 Å². The molecule has 0 spiro atoms. The van der Waals surface area contributed by atoms with Gasteiger partial charge in [-0.15, -0.1) is 0 Å². The Balaban J connectivity index is 2.27. The van der Waals surface area contributed by atoms with Crippen LogP contribution in [0.25, 0.3) is 0 Å². The first-order valence-corrected chi connectivity index (χ1v) is 7.42. The molecule has 1 aromatic rings. The molecule has 0 aromatic heterocycles. The normalized spacial score (nSPS) is 22.4. The summed E-state index contributed by atoms with van der Waals surface area (Å²) in [5.41, 5.74) is 1.74. The molecule has 0 unspecified atom stereocenters. The summed E-state index contributed by atoms with van der Waals surface area (Å²) in [7, 11) is -3.46. The van der Waals surface area contributed by atoms with Crippen molar-refractivity contribution in [2.24, 2.45) is 0 Å². The van der Waals surface area contributed by atoms with Crippen molar-refractivity contribution in [2.75, 3.05) is 11.6 Å². The van der Waals surface area contributed by atoms with Crippen LogP contribution < -0.4 is 9.62 Å². The third-order valence-corrected chi connectivity index (χ3v) is 5.14. The van der Waals surface area contributed by atoms with Gasteiger partial charge in [0.2, 0.25) is 10.0 Å². The highest BCUT2D eigenvalue weighted by Crippen LogP contribution is 2.42. The number of halogens is 1. The molecule has 1 N–H and O–H groups in total. The van der Waals surface area contributed by atoms with E-state index in [2.05, 4.69) is 9.62 Å². The maximum atomic E-state index is 12.0. The van der Waals surface area contributed by atoms with E-state index in [1.165, 1.54) is 0 Å². The zero-order chi connectivity index (χ0) is 12.2. The Labute approximate surface area is 106 Å². The molecule has 1 saturated carbocycles. The van der Waals surface area contributed by atoms with Crippen LogP contribution in [-0.2, 0) is 10.0 Å². The van der Waals surface area contributed by atoms with Crippen LogP contribution in [0.4, 0.5) is 5.69 Å². The fourth-order valence-corrected chi connectivity index (χ4v) is 4.03. The van der Waals surface area contributed by atoms with Crippen LogP contribution >= 0.6 is 11.6 Å². The highest BCUT2D eigenvalue weighted by Gasteiger charge is 2.38. The molecule has 6 heteroatoms. The summed E-state index contributed by atoms with van der Waals surface area (Å²) in [6.07, 6.45) is 2.24. The molecule has 0 amide bonds. The molecule has 0 radical (unpaired) electrons. The quantitative estimate of drug-likeness (QED) is 0.849. The highest BCUT2D eigenvalue weighted by molar-refractivity contribution is 7.89. The molecule has 1 aliphatic heterocycles. The topological polar surface area (TPSA) is 49.4 Å². The van der Waals surface area contributed by atoms with Crippen molar-refractivity contribution in [1.82, 2.24) is 4.72 Å². The Morgan fingerprint density at radius 3 is 2.76 bits per heavy atom. The third-order valence-electron chi connectivity index (χ3n) is 3.25. The summed E-state index contributed by atoms with van der Waals surface area (Å²) in [5.74, 6) is 0. The highest BCUT2D eigenvalue weighted by atomic mass is 35.5. The lowest BCUT2D eigenvalue weighted by Gasteiger charge is -2.33. The molecule has 1 aromatic carbocycles. The lowest BCUT2D eigenvalue weighted by molar-refractivity contribution is 0.570. The van der Waals surface area contributed by atoms with E-state index < -0.39 is 10.0 Å². The molecule has 3 rings (SSSR count). The van der Waals surface area contributed by atoms with Gasteiger partial charge in [0.05, 0.1) is 17.4 Å². The lowest BCUT2D eigenvalue weighted by Crippen LogP contribution is -2.44. The van der Waals surface area contributed by atoms with E-state index in [4.69, 9.17) is 11.6 Å². The van der Waals surface area contributed by atoms with Crippen molar-refractivity contribution in [3.63, 3.8) is 0 Å². The van der Waals surface area contributed by atoms with E-state index >= 15 is 0 Å². The van der Waals surface area contributed by atoms with E-state index in [1.807, 2.05) is 13.0 Å². The Hall–Kier alpha value is -0.780. The second-order valence-electron chi connectivity index (χ2n) is 4.55. The van der Waals surface area contributed by atoms with Crippen molar-refractivity contribution in [2.45, 2.75) is 30.7 Å². The number of benzene rings is 1. The molecule has 92 valence electrons. The number of nitrogens with one attached hydrogen (secondary N) is 1. The van der Waals surface area contributed by atoms with E-state index in [9.17, 15) is 8.42 Å². The summed E-state index contributed by atoms with van der Waals surface area (Å²) in [5, 5.41) is 0.295. The van der Waals surface area contributed by atoms with Crippen molar-refractivity contribution in [1.29, 1.82) is 0 Å².